The maximum absolute atomic E-state index is 9.73. The zero-order valence-corrected chi connectivity index (χ0v) is 11.7. The quantitative estimate of drug-likeness (QED) is 0.773. The lowest BCUT2D eigenvalue weighted by molar-refractivity contribution is 0.198. The van der Waals surface area contributed by atoms with Crippen LogP contribution < -0.4 is 0 Å². The maximum atomic E-state index is 9.73. The van der Waals surface area contributed by atoms with E-state index in [2.05, 4.69) is 45.9 Å². The van der Waals surface area contributed by atoms with Gasteiger partial charge in [0, 0.05) is 0 Å². The molecule has 1 aliphatic carbocycles. The van der Waals surface area contributed by atoms with Gasteiger partial charge in [0.2, 0.25) is 0 Å². The normalized spacial score (nSPS) is 22.9. The predicted octanol–water partition coefficient (Wildman–Crippen LogP) is 4.09. The molecule has 94 valence electrons. The summed E-state index contributed by atoms with van der Waals surface area (Å²) in [6, 6.07) is 6.51. The minimum absolute atomic E-state index is 0.232. The van der Waals surface area contributed by atoms with Crippen LogP contribution in [0.1, 0.15) is 70.3 Å². The van der Waals surface area contributed by atoms with Crippen molar-refractivity contribution in [3.8, 4) is 0 Å². The van der Waals surface area contributed by atoms with Gasteiger partial charge < -0.3 is 5.11 Å². The van der Waals surface area contributed by atoms with E-state index in [9.17, 15) is 5.11 Å². The molecule has 2 rings (SSSR count). The van der Waals surface area contributed by atoms with Crippen molar-refractivity contribution < 1.29 is 5.11 Å². The van der Waals surface area contributed by atoms with Crippen molar-refractivity contribution in [1.29, 1.82) is 0 Å². The SMILES string of the molecule is C[C@@H](O)c1ccc2c(c1)C(C)(C)CCC2(C)C. The number of rotatable bonds is 1. The molecule has 0 saturated carbocycles. The predicted molar refractivity (Wildman–Crippen MR) is 72.4 cm³/mol. The molecule has 0 radical (unpaired) electrons. The molecule has 0 spiro atoms. The first-order valence-electron chi connectivity index (χ1n) is 6.57. The van der Waals surface area contributed by atoms with E-state index in [1.807, 2.05) is 6.92 Å². The summed E-state index contributed by atoms with van der Waals surface area (Å²) in [6.07, 6.45) is 2.08. The van der Waals surface area contributed by atoms with Gasteiger partial charge in [0.1, 0.15) is 0 Å². The van der Waals surface area contributed by atoms with E-state index in [1.54, 1.807) is 0 Å². The second-order valence-corrected chi connectivity index (χ2v) is 6.75. The van der Waals surface area contributed by atoms with Crippen LogP contribution >= 0.6 is 0 Å². The molecule has 1 nitrogen and oxygen atoms in total. The number of fused-ring (bicyclic) bond motifs is 1. The van der Waals surface area contributed by atoms with Crippen LogP contribution in [0.25, 0.3) is 0 Å². The molecule has 0 saturated heterocycles. The fourth-order valence-electron chi connectivity index (χ4n) is 2.87. The topological polar surface area (TPSA) is 20.2 Å². The molecule has 0 aromatic heterocycles. The molecule has 0 heterocycles. The van der Waals surface area contributed by atoms with Gasteiger partial charge in [-0.2, -0.15) is 0 Å². The van der Waals surface area contributed by atoms with Gasteiger partial charge in [-0.25, -0.2) is 0 Å². The molecule has 1 heteroatoms. The fourth-order valence-corrected chi connectivity index (χ4v) is 2.87. The minimum atomic E-state index is -0.374. The van der Waals surface area contributed by atoms with Gasteiger partial charge in [-0.15, -0.1) is 0 Å². The lowest BCUT2D eigenvalue weighted by atomic mass is 9.63. The average molecular weight is 232 g/mol. The lowest BCUT2D eigenvalue weighted by Crippen LogP contribution is -2.33. The minimum Gasteiger partial charge on any atom is -0.389 e. The first-order valence-corrected chi connectivity index (χ1v) is 6.57. The third-order valence-electron chi connectivity index (χ3n) is 4.36. The van der Waals surface area contributed by atoms with E-state index in [-0.39, 0.29) is 16.9 Å². The molecule has 1 aromatic rings. The summed E-state index contributed by atoms with van der Waals surface area (Å²) >= 11 is 0. The van der Waals surface area contributed by atoms with E-state index in [4.69, 9.17) is 0 Å². The third kappa shape index (κ3) is 2.13. The van der Waals surface area contributed by atoms with Crippen LogP contribution in [0.15, 0.2) is 18.2 Å². The van der Waals surface area contributed by atoms with Crippen LogP contribution in [0.4, 0.5) is 0 Å². The Morgan fingerprint density at radius 3 is 2.06 bits per heavy atom. The first kappa shape index (κ1) is 12.6. The molecule has 0 fully saturated rings. The van der Waals surface area contributed by atoms with Gasteiger partial charge in [0.15, 0.2) is 0 Å². The van der Waals surface area contributed by atoms with Crippen LogP contribution in [-0.2, 0) is 10.8 Å². The van der Waals surface area contributed by atoms with Gasteiger partial charge in [0.25, 0.3) is 0 Å². The molecule has 17 heavy (non-hydrogen) atoms. The molecule has 0 aliphatic heterocycles. The highest BCUT2D eigenvalue weighted by Gasteiger charge is 2.36. The third-order valence-corrected chi connectivity index (χ3v) is 4.36. The Balaban J connectivity index is 2.60. The number of aliphatic hydroxyl groups is 1. The monoisotopic (exact) mass is 232 g/mol. The van der Waals surface area contributed by atoms with Crippen LogP contribution in [0.3, 0.4) is 0 Å². The number of hydrogen-bond acceptors (Lipinski definition) is 1. The van der Waals surface area contributed by atoms with E-state index >= 15 is 0 Å². The summed E-state index contributed by atoms with van der Waals surface area (Å²) in [6.45, 7) is 11.1. The highest BCUT2D eigenvalue weighted by atomic mass is 16.3. The van der Waals surface area contributed by atoms with Crippen molar-refractivity contribution in [2.75, 3.05) is 0 Å². The Hall–Kier alpha value is -0.820. The first-order chi connectivity index (χ1) is 7.74. The maximum Gasteiger partial charge on any atom is 0.0762 e. The highest BCUT2D eigenvalue weighted by Crippen LogP contribution is 2.46. The van der Waals surface area contributed by atoms with Crippen molar-refractivity contribution in [3.05, 3.63) is 34.9 Å². The van der Waals surface area contributed by atoms with E-state index < -0.39 is 0 Å². The van der Waals surface area contributed by atoms with E-state index in [0.29, 0.717) is 0 Å². The van der Waals surface area contributed by atoms with Gasteiger partial charge in [-0.05, 0) is 47.3 Å². The summed E-state index contributed by atoms with van der Waals surface area (Å²) < 4.78 is 0. The van der Waals surface area contributed by atoms with Crippen molar-refractivity contribution >= 4 is 0 Å². The molecule has 0 amide bonds. The fraction of sp³-hybridized carbons (Fsp3) is 0.625. The molecule has 1 aliphatic rings. The Morgan fingerprint density at radius 2 is 1.53 bits per heavy atom. The Morgan fingerprint density at radius 1 is 1.00 bits per heavy atom. The second kappa shape index (κ2) is 3.84. The van der Waals surface area contributed by atoms with Gasteiger partial charge in [-0.3, -0.25) is 0 Å². The molecular weight excluding hydrogens is 208 g/mol. The van der Waals surface area contributed by atoms with Crippen molar-refractivity contribution in [3.63, 3.8) is 0 Å². The summed E-state index contributed by atoms with van der Waals surface area (Å²) in [4.78, 5) is 0. The Bertz CT molecular complexity index is 427. The average Bonchev–Trinajstić information content (AvgIpc) is 2.24. The number of aliphatic hydroxyl groups excluding tert-OH is 1. The van der Waals surface area contributed by atoms with Crippen LogP contribution in [0.5, 0.6) is 0 Å². The van der Waals surface area contributed by atoms with Crippen molar-refractivity contribution in [2.45, 2.75) is 64.4 Å². The highest BCUT2D eigenvalue weighted by molar-refractivity contribution is 5.43. The van der Waals surface area contributed by atoms with E-state index in [0.717, 1.165) is 5.56 Å². The molecular formula is C16H24O. The second-order valence-electron chi connectivity index (χ2n) is 6.75. The van der Waals surface area contributed by atoms with Gasteiger partial charge in [0.05, 0.1) is 6.10 Å². The van der Waals surface area contributed by atoms with Crippen LogP contribution in [0.2, 0.25) is 0 Å². The zero-order chi connectivity index (χ0) is 12.8. The molecule has 0 unspecified atom stereocenters. The Labute approximate surface area is 105 Å². The molecule has 0 bridgehead atoms. The van der Waals surface area contributed by atoms with Gasteiger partial charge in [-0.1, -0.05) is 45.9 Å². The standard InChI is InChI=1S/C16H24O/c1-11(17)12-6-7-13-14(10-12)16(4,5)9-8-15(13,2)3/h6-7,10-11,17H,8-9H2,1-5H3/t11-/m1/s1. The zero-order valence-electron chi connectivity index (χ0n) is 11.7. The summed E-state index contributed by atoms with van der Waals surface area (Å²) in [7, 11) is 0. The molecule has 1 atom stereocenters. The van der Waals surface area contributed by atoms with Crippen molar-refractivity contribution in [2.24, 2.45) is 0 Å². The van der Waals surface area contributed by atoms with Crippen LogP contribution in [-0.4, -0.2) is 5.11 Å². The smallest absolute Gasteiger partial charge is 0.0762 e. The van der Waals surface area contributed by atoms with E-state index in [1.165, 1.54) is 24.0 Å². The molecule has 1 N–H and O–H groups in total. The number of hydrogen-bond donors (Lipinski definition) is 1. The van der Waals surface area contributed by atoms with Crippen molar-refractivity contribution in [1.82, 2.24) is 0 Å². The largest absolute Gasteiger partial charge is 0.389 e. The number of benzene rings is 1. The lowest BCUT2D eigenvalue weighted by Gasteiger charge is -2.42. The molecule has 1 aromatic carbocycles. The Kier molecular flexibility index (Phi) is 2.86. The summed E-state index contributed by atoms with van der Waals surface area (Å²) in [5, 5.41) is 9.73. The van der Waals surface area contributed by atoms with Crippen LogP contribution in [0, 0.1) is 0 Å². The summed E-state index contributed by atoms with van der Waals surface area (Å²) in [5.41, 5.74) is 4.41. The summed E-state index contributed by atoms with van der Waals surface area (Å²) in [5.74, 6) is 0. The van der Waals surface area contributed by atoms with Gasteiger partial charge >= 0.3 is 0 Å².